The van der Waals surface area contributed by atoms with E-state index in [-0.39, 0.29) is 34.6 Å². The van der Waals surface area contributed by atoms with E-state index in [9.17, 15) is 13.6 Å². The molecular weight excluding hydrogens is 316 g/mol. The summed E-state index contributed by atoms with van der Waals surface area (Å²) in [5.74, 6) is -0.403. The lowest BCUT2D eigenvalue weighted by Crippen LogP contribution is -2.31. The zero-order chi connectivity index (χ0) is 16.8. The van der Waals surface area contributed by atoms with Crippen molar-refractivity contribution in [2.75, 3.05) is 5.75 Å². The number of hydrogen-bond donors (Lipinski definition) is 1. The molecule has 0 bridgehead atoms. The lowest BCUT2D eigenvalue weighted by molar-refractivity contribution is -0.119. The Morgan fingerprint density at radius 3 is 1.78 bits per heavy atom. The summed E-state index contributed by atoms with van der Waals surface area (Å²) in [6.45, 7) is 3.81. The van der Waals surface area contributed by atoms with E-state index in [2.05, 4.69) is 5.32 Å². The molecule has 0 heterocycles. The Kier molecular flexibility index (Phi) is 6.16. The van der Waals surface area contributed by atoms with E-state index in [1.54, 1.807) is 24.3 Å². The first-order valence-corrected chi connectivity index (χ1v) is 8.42. The lowest BCUT2D eigenvalue weighted by atomic mass is 10.0. The van der Waals surface area contributed by atoms with Crippen molar-refractivity contribution in [2.24, 2.45) is 0 Å². The third-order valence-corrected chi connectivity index (χ3v) is 4.48. The summed E-state index contributed by atoms with van der Waals surface area (Å²) < 4.78 is 26.3. The van der Waals surface area contributed by atoms with Crippen LogP contribution in [0.3, 0.4) is 0 Å². The molecule has 2 aromatic rings. The van der Waals surface area contributed by atoms with Crippen molar-refractivity contribution in [3.63, 3.8) is 0 Å². The second-order valence-corrected chi connectivity index (χ2v) is 6.61. The predicted molar refractivity (Wildman–Crippen MR) is 90.4 cm³/mol. The Labute approximate surface area is 139 Å². The molecule has 0 radical (unpaired) electrons. The van der Waals surface area contributed by atoms with E-state index in [1.807, 2.05) is 13.8 Å². The summed E-state index contributed by atoms with van der Waals surface area (Å²) in [6, 6.07) is 12.4. The van der Waals surface area contributed by atoms with E-state index in [0.717, 1.165) is 11.1 Å². The first-order valence-electron chi connectivity index (χ1n) is 7.37. The van der Waals surface area contributed by atoms with Crippen molar-refractivity contribution < 1.29 is 13.6 Å². The number of benzene rings is 2. The third-order valence-electron chi connectivity index (χ3n) is 3.18. The first kappa shape index (κ1) is 17.5. The molecular formula is C18H19F2NOS. The number of carbonyl (C=O) groups excluding carboxylic acids is 1. The zero-order valence-electron chi connectivity index (χ0n) is 13.1. The molecule has 0 aromatic heterocycles. The van der Waals surface area contributed by atoms with Gasteiger partial charge in [0.05, 0.1) is 11.0 Å². The highest BCUT2D eigenvalue weighted by molar-refractivity contribution is 8.00. The average molecular weight is 335 g/mol. The van der Waals surface area contributed by atoms with Crippen LogP contribution >= 0.6 is 11.8 Å². The second kappa shape index (κ2) is 8.11. The topological polar surface area (TPSA) is 29.1 Å². The molecule has 0 saturated carbocycles. The minimum atomic E-state index is -0.311. The lowest BCUT2D eigenvalue weighted by Gasteiger charge is -2.18. The van der Waals surface area contributed by atoms with Gasteiger partial charge in [0.1, 0.15) is 11.6 Å². The number of halogens is 2. The Bertz CT molecular complexity index is 596. The van der Waals surface area contributed by atoms with Gasteiger partial charge in [0.15, 0.2) is 0 Å². The van der Waals surface area contributed by atoms with Gasteiger partial charge >= 0.3 is 0 Å². The summed E-state index contributed by atoms with van der Waals surface area (Å²) in [6.07, 6.45) is 0. The summed E-state index contributed by atoms with van der Waals surface area (Å²) in [7, 11) is 0. The largest absolute Gasteiger partial charge is 0.353 e. The molecule has 2 aromatic carbocycles. The zero-order valence-corrected chi connectivity index (χ0v) is 13.9. The maximum absolute atomic E-state index is 13.1. The van der Waals surface area contributed by atoms with Gasteiger partial charge in [-0.3, -0.25) is 4.79 Å². The van der Waals surface area contributed by atoms with Crippen molar-refractivity contribution >= 4 is 17.7 Å². The van der Waals surface area contributed by atoms with Crippen LogP contribution in [0.2, 0.25) is 0 Å². The second-order valence-electron chi connectivity index (χ2n) is 5.52. The van der Waals surface area contributed by atoms with Crippen LogP contribution in [0, 0.1) is 11.6 Å². The minimum absolute atomic E-state index is 0.0563. The molecule has 0 aliphatic heterocycles. The number of carbonyl (C=O) groups is 1. The van der Waals surface area contributed by atoms with Crippen LogP contribution in [-0.4, -0.2) is 17.7 Å². The Morgan fingerprint density at radius 1 is 0.957 bits per heavy atom. The quantitative estimate of drug-likeness (QED) is 0.852. The normalized spacial score (nSPS) is 11.0. The van der Waals surface area contributed by atoms with Gasteiger partial charge in [0.25, 0.3) is 0 Å². The molecule has 5 heteroatoms. The van der Waals surface area contributed by atoms with Gasteiger partial charge in [-0.05, 0) is 49.2 Å². The fraction of sp³-hybridized carbons (Fsp3) is 0.278. The van der Waals surface area contributed by atoms with Gasteiger partial charge in [0, 0.05) is 6.04 Å². The van der Waals surface area contributed by atoms with Crippen LogP contribution in [0.25, 0.3) is 0 Å². The number of rotatable bonds is 6. The van der Waals surface area contributed by atoms with Crippen molar-refractivity contribution in [1.29, 1.82) is 0 Å². The molecule has 0 aliphatic rings. The molecule has 2 rings (SSSR count). The van der Waals surface area contributed by atoms with Crippen LogP contribution in [0.15, 0.2) is 48.5 Å². The molecule has 2 nitrogen and oxygen atoms in total. The van der Waals surface area contributed by atoms with Crippen molar-refractivity contribution in [1.82, 2.24) is 5.32 Å². The summed E-state index contributed by atoms with van der Waals surface area (Å²) in [5, 5.41) is 2.68. The SMILES string of the molecule is CC(C)NC(=O)CSC(c1ccc(F)cc1)c1ccc(F)cc1. The van der Waals surface area contributed by atoms with Gasteiger partial charge in [0.2, 0.25) is 5.91 Å². The van der Waals surface area contributed by atoms with E-state index < -0.39 is 0 Å². The smallest absolute Gasteiger partial charge is 0.230 e. The minimum Gasteiger partial charge on any atom is -0.353 e. The van der Waals surface area contributed by atoms with Crippen molar-refractivity contribution in [2.45, 2.75) is 25.1 Å². The maximum Gasteiger partial charge on any atom is 0.230 e. The van der Waals surface area contributed by atoms with E-state index in [1.165, 1.54) is 36.0 Å². The monoisotopic (exact) mass is 335 g/mol. The maximum atomic E-state index is 13.1. The number of nitrogens with one attached hydrogen (secondary N) is 1. The van der Waals surface area contributed by atoms with E-state index in [0.29, 0.717) is 0 Å². The average Bonchev–Trinajstić information content (AvgIpc) is 2.50. The third kappa shape index (κ3) is 5.36. The van der Waals surface area contributed by atoms with E-state index in [4.69, 9.17) is 0 Å². The highest BCUT2D eigenvalue weighted by Crippen LogP contribution is 2.35. The molecule has 1 N–H and O–H groups in total. The van der Waals surface area contributed by atoms with Crippen LogP contribution in [0.1, 0.15) is 30.2 Å². The van der Waals surface area contributed by atoms with Gasteiger partial charge in [-0.25, -0.2) is 8.78 Å². The standard InChI is InChI=1S/C18H19F2NOS/c1-12(2)21-17(22)11-23-18(13-3-7-15(19)8-4-13)14-5-9-16(20)10-6-14/h3-10,12,18H,11H2,1-2H3,(H,21,22). The van der Waals surface area contributed by atoms with Crippen molar-refractivity contribution in [3.05, 3.63) is 71.3 Å². The molecule has 1 amide bonds. The highest BCUT2D eigenvalue weighted by atomic mass is 32.2. The van der Waals surface area contributed by atoms with Crippen LogP contribution in [-0.2, 0) is 4.79 Å². The molecule has 0 spiro atoms. The number of thioether (sulfide) groups is 1. The van der Waals surface area contributed by atoms with Crippen LogP contribution < -0.4 is 5.32 Å². The molecule has 0 unspecified atom stereocenters. The molecule has 23 heavy (non-hydrogen) atoms. The summed E-state index contributed by atoms with van der Waals surface area (Å²) in [5.41, 5.74) is 1.75. The fourth-order valence-electron chi connectivity index (χ4n) is 2.18. The van der Waals surface area contributed by atoms with Gasteiger partial charge in [-0.15, -0.1) is 11.8 Å². The molecule has 0 aliphatic carbocycles. The van der Waals surface area contributed by atoms with Gasteiger partial charge in [-0.2, -0.15) is 0 Å². The molecule has 0 atom stereocenters. The fourth-order valence-corrected chi connectivity index (χ4v) is 3.28. The van der Waals surface area contributed by atoms with Gasteiger partial charge in [-0.1, -0.05) is 24.3 Å². The predicted octanol–water partition coefficient (Wildman–Crippen LogP) is 4.31. The molecule has 122 valence electrons. The van der Waals surface area contributed by atoms with Crippen molar-refractivity contribution in [3.8, 4) is 0 Å². The Hall–Kier alpha value is -1.88. The highest BCUT2D eigenvalue weighted by Gasteiger charge is 2.17. The van der Waals surface area contributed by atoms with E-state index >= 15 is 0 Å². The number of hydrogen-bond acceptors (Lipinski definition) is 2. The Balaban J connectivity index is 2.19. The summed E-state index contributed by atoms with van der Waals surface area (Å²) in [4.78, 5) is 11.9. The first-order chi connectivity index (χ1) is 11.0. The molecule has 0 saturated heterocycles. The van der Waals surface area contributed by atoms with Crippen LogP contribution in [0.5, 0.6) is 0 Å². The van der Waals surface area contributed by atoms with Gasteiger partial charge < -0.3 is 5.32 Å². The Morgan fingerprint density at radius 2 is 1.39 bits per heavy atom. The summed E-state index contributed by atoms with van der Waals surface area (Å²) >= 11 is 1.43. The van der Waals surface area contributed by atoms with Crippen LogP contribution in [0.4, 0.5) is 8.78 Å². The number of amides is 1. The molecule has 0 fully saturated rings.